The zero-order valence-corrected chi connectivity index (χ0v) is 11.6. The molecule has 2 aliphatic carbocycles. The third kappa shape index (κ3) is 3.26. The van der Waals surface area contributed by atoms with Gasteiger partial charge >= 0.3 is 5.97 Å². The average Bonchev–Trinajstić information content (AvgIpc) is 3.22. The van der Waals surface area contributed by atoms with Crippen molar-refractivity contribution in [3.8, 4) is 0 Å². The van der Waals surface area contributed by atoms with Gasteiger partial charge in [0.2, 0.25) is 5.91 Å². The van der Waals surface area contributed by atoms with Crippen LogP contribution in [0.2, 0.25) is 0 Å². The molecule has 2 rings (SSSR count). The van der Waals surface area contributed by atoms with Crippen molar-refractivity contribution in [2.75, 3.05) is 20.3 Å². The molecule has 0 radical (unpaired) electrons. The maximum absolute atomic E-state index is 12.1. The Morgan fingerprint density at radius 3 is 2.42 bits per heavy atom. The smallest absolute Gasteiger partial charge is 0.329 e. The van der Waals surface area contributed by atoms with E-state index in [1.807, 2.05) is 0 Å². The highest BCUT2D eigenvalue weighted by Gasteiger charge is 2.45. The first kappa shape index (κ1) is 14.3. The third-order valence-corrected chi connectivity index (χ3v) is 4.37. The lowest BCUT2D eigenvalue weighted by molar-refractivity contribution is -0.162. The van der Waals surface area contributed by atoms with E-state index in [-0.39, 0.29) is 12.5 Å². The number of rotatable bonds is 6. The normalized spacial score (nSPS) is 21.9. The van der Waals surface area contributed by atoms with Crippen LogP contribution in [-0.2, 0) is 14.3 Å². The SMILES string of the molecule is CN(C(=O)COCC1CC1)C1(C(=O)O)CCCCC1. The number of hydrogen-bond donors (Lipinski definition) is 1. The summed E-state index contributed by atoms with van der Waals surface area (Å²) in [5, 5.41) is 9.50. The fourth-order valence-electron chi connectivity index (χ4n) is 2.76. The van der Waals surface area contributed by atoms with Crippen molar-refractivity contribution in [2.24, 2.45) is 5.92 Å². The van der Waals surface area contributed by atoms with Crippen LogP contribution < -0.4 is 0 Å². The van der Waals surface area contributed by atoms with Gasteiger partial charge in [0.05, 0.1) is 6.61 Å². The van der Waals surface area contributed by atoms with E-state index in [9.17, 15) is 14.7 Å². The number of likely N-dealkylation sites (N-methyl/N-ethyl adjacent to an activating group) is 1. The van der Waals surface area contributed by atoms with Crippen molar-refractivity contribution in [3.05, 3.63) is 0 Å². The lowest BCUT2D eigenvalue weighted by Gasteiger charge is -2.40. The number of amides is 1. The molecule has 0 aromatic heterocycles. The Morgan fingerprint density at radius 1 is 1.26 bits per heavy atom. The van der Waals surface area contributed by atoms with E-state index in [1.165, 1.54) is 17.7 Å². The first-order chi connectivity index (χ1) is 9.06. The predicted molar refractivity (Wildman–Crippen MR) is 69.8 cm³/mol. The summed E-state index contributed by atoms with van der Waals surface area (Å²) in [4.78, 5) is 25.1. The second-order valence-corrected chi connectivity index (χ2v) is 5.81. The van der Waals surface area contributed by atoms with Gasteiger partial charge < -0.3 is 14.7 Å². The molecule has 19 heavy (non-hydrogen) atoms. The van der Waals surface area contributed by atoms with Crippen molar-refractivity contribution >= 4 is 11.9 Å². The molecule has 0 spiro atoms. The van der Waals surface area contributed by atoms with E-state index < -0.39 is 11.5 Å². The number of hydrogen-bond acceptors (Lipinski definition) is 3. The van der Waals surface area contributed by atoms with Crippen LogP contribution in [0.1, 0.15) is 44.9 Å². The van der Waals surface area contributed by atoms with E-state index in [1.54, 1.807) is 7.05 Å². The van der Waals surface area contributed by atoms with E-state index in [0.717, 1.165) is 19.3 Å². The minimum atomic E-state index is -1.02. The molecule has 0 atom stereocenters. The predicted octanol–water partition coefficient (Wildman–Crippen LogP) is 1.66. The van der Waals surface area contributed by atoms with Crippen LogP contribution in [0.3, 0.4) is 0 Å². The number of carboxylic acid groups (broad SMARTS) is 1. The number of carboxylic acids is 1. The van der Waals surface area contributed by atoms with Crippen LogP contribution >= 0.6 is 0 Å². The second-order valence-electron chi connectivity index (χ2n) is 5.81. The minimum absolute atomic E-state index is 0.00201. The molecule has 2 saturated carbocycles. The molecule has 5 nitrogen and oxygen atoms in total. The average molecular weight is 269 g/mol. The molecule has 0 aromatic carbocycles. The number of nitrogens with zero attached hydrogens (tertiary/aromatic N) is 1. The molecule has 0 bridgehead atoms. The van der Waals surface area contributed by atoms with E-state index in [4.69, 9.17) is 4.74 Å². The number of carbonyl (C=O) groups is 2. The lowest BCUT2D eigenvalue weighted by atomic mass is 9.80. The summed E-state index contributed by atoms with van der Waals surface area (Å²) in [5.41, 5.74) is -1.02. The van der Waals surface area contributed by atoms with Crippen molar-refractivity contribution in [3.63, 3.8) is 0 Å². The van der Waals surface area contributed by atoms with Gasteiger partial charge in [-0.3, -0.25) is 4.79 Å². The Hall–Kier alpha value is -1.10. The first-order valence-electron chi connectivity index (χ1n) is 7.14. The maximum atomic E-state index is 12.1. The molecule has 108 valence electrons. The van der Waals surface area contributed by atoms with Crippen molar-refractivity contribution < 1.29 is 19.4 Å². The summed E-state index contributed by atoms with van der Waals surface area (Å²) >= 11 is 0. The molecule has 1 N–H and O–H groups in total. The van der Waals surface area contributed by atoms with Crippen LogP contribution in [0.15, 0.2) is 0 Å². The van der Waals surface area contributed by atoms with Crippen molar-refractivity contribution in [2.45, 2.75) is 50.5 Å². The molecule has 0 heterocycles. The highest BCUT2D eigenvalue weighted by Crippen LogP contribution is 2.33. The van der Waals surface area contributed by atoms with Gasteiger partial charge in [0.15, 0.2) is 0 Å². The van der Waals surface area contributed by atoms with Gasteiger partial charge in [-0.15, -0.1) is 0 Å². The van der Waals surface area contributed by atoms with Gasteiger partial charge in [0.25, 0.3) is 0 Å². The molecule has 0 aliphatic heterocycles. The van der Waals surface area contributed by atoms with Crippen molar-refractivity contribution in [1.82, 2.24) is 4.90 Å². The van der Waals surface area contributed by atoms with Crippen LogP contribution in [0, 0.1) is 5.92 Å². The van der Waals surface area contributed by atoms with E-state index >= 15 is 0 Å². The topological polar surface area (TPSA) is 66.8 Å². The molecule has 0 aromatic rings. The van der Waals surface area contributed by atoms with Gasteiger partial charge in [0.1, 0.15) is 12.1 Å². The molecular weight excluding hydrogens is 246 g/mol. The molecule has 0 saturated heterocycles. The molecular formula is C14H23NO4. The molecule has 0 unspecified atom stereocenters. The van der Waals surface area contributed by atoms with E-state index in [0.29, 0.717) is 25.4 Å². The molecule has 5 heteroatoms. The lowest BCUT2D eigenvalue weighted by Crippen LogP contribution is -2.57. The zero-order valence-electron chi connectivity index (χ0n) is 11.6. The van der Waals surface area contributed by atoms with Crippen LogP contribution in [-0.4, -0.2) is 47.7 Å². The minimum Gasteiger partial charge on any atom is -0.479 e. The Labute approximate surface area is 113 Å². The summed E-state index contributed by atoms with van der Waals surface area (Å²) in [6.07, 6.45) is 6.25. The summed E-state index contributed by atoms with van der Waals surface area (Å²) in [6.45, 7) is 0.627. The summed E-state index contributed by atoms with van der Waals surface area (Å²) < 4.78 is 5.37. The van der Waals surface area contributed by atoms with Crippen LogP contribution in [0.25, 0.3) is 0 Å². The fraction of sp³-hybridized carbons (Fsp3) is 0.857. The highest BCUT2D eigenvalue weighted by atomic mass is 16.5. The number of ether oxygens (including phenoxy) is 1. The van der Waals surface area contributed by atoms with Crippen LogP contribution in [0.4, 0.5) is 0 Å². The Kier molecular flexibility index (Phi) is 4.45. The van der Waals surface area contributed by atoms with E-state index in [2.05, 4.69) is 0 Å². The fourth-order valence-corrected chi connectivity index (χ4v) is 2.76. The second kappa shape index (κ2) is 5.90. The standard InChI is InChI=1S/C14H23NO4/c1-15(12(16)10-19-9-11-5-6-11)14(13(17)18)7-3-2-4-8-14/h11H,2-10H2,1H3,(H,17,18). The van der Waals surface area contributed by atoms with Crippen LogP contribution in [0.5, 0.6) is 0 Å². The highest BCUT2D eigenvalue weighted by molar-refractivity contribution is 5.87. The maximum Gasteiger partial charge on any atom is 0.329 e. The number of carbonyl (C=O) groups excluding carboxylic acids is 1. The number of aliphatic carboxylic acids is 1. The summed E-state index contributed by atoms with van der Waals surface area (Å²) in [6, 6.07) is 0. The zero-order chi connectivity index (χ0) is 13.9. The third-order valence-electron chi connectivity index (χ3n) is 4.37. The van der Waals surface area contributed by atoms with Gasteiger partial charge in [-0.25, -0.2) is 4.79 Å². The quantitative estimate of drug-likeness (QED) is 0.796. The van der Waals surface area contributed by atoms with Gasteiger partial charge in [0, 0.05) is 7.05 Å². The first-order valence-corrected chi connectivity index (χ1v) is 7.14. The molecule has 1 amide bonds. The Balaban J connectivity index is 1.91. The monoisotopic (exact) mass is 269 g/mol. The van der Waals surface area contributed by atoms with Gasteiger partial charge in [-0.2, -0.15) is 0 Å². The van der Waals surface area contributed by atoms with Gasteiger partial charge in [-0.1, -0.05) is 19.3 Å². The summed E-state index contributed by atoms with van der Waals surface area (Å²) in [7, 11) is 1.60. The molecule has 2 aliphatic rings. The largest absolute Gasteiger partial charge is 0.479 e. The Morgan fingerprint density at radius 2 is 1.89 bits per heavy atom. The van der Waals surface area contributed by atoms with Crippen molar-refractivity contribution in [1.29, 1.82) is 0 Å². The Bertz CT molecular complexity index is 345. The summed E-state index contributed by atoms with van der Waals surface area (Å²) in [5.74, 6) is -0.489. The molecule has 2 fully saturated rings. The van der Waals surface area contributed by atoms with Gasteiger partial charge in [-0.05, 0) is 31.6 Å².